The van der Waals surface area contributed by atoms with Gasteiger partial charge >= 0.3 is 0 Å². The first-order valence-electron chi connectivity index (χ1n) is 12.6. The summed E-state index contributed by atoms with van der Waals surface area (Å²) in [5.41, 5.74) is -0.787. The first-order chi connectivity index (χ1) is 17.1. The minimum atomic E-state index is -3.13. The number of hydrogen-bond donors (Lipinski definition) is 0. The van der Waals surface area contributed by atoms with Gasteiger partial charge in [0.1, 0.15) is 17.2 Å². The number of alkyl halides is 2. The van der Waals surface area contributed by atoms with Crippen molar-refractivity contribution in [2.45, 2.75) is 64.6 Å². The quantitative estimate of drug-likeness (QED) is 0.308. The Hall–Kier alpha value is -2.45. The fraction of sp³-hybridized carbons (Fsp3) is 0.536. The normalized spacial score (nSPS) is 19.6. The van der Waals surface area contributed by atoms with Crippen molar-refractivity contribution in [1.82, 2.24) is 9.80 Å². The van der Waals surface area contributed by atoms with Gasteiger partial charge in [0.15, 0.2) is 0 Å². The van der Waals surface area contributed by atoms with Gasteiger partial charge in [-0.1, -0.05) is 25.7 Å². The number of ether oxygens (including phenoxy) is 1. The molecule has 2 aliphatic rings. The lowest BCUT2D eigenvalue weighted by Gasteiger charge is -2.37. The molecule has 0 bridgehead atoms. The van der Waals surface area contributed by atoms with Gasteiger partial charge in [-0.25, -0.2) is 17.6 Å². The van der Waals surface area contributed by atoms with Gasteiger partial charge in [-0.15, -0.1) is 0 Å². The van der Waals surface area contributed by atoms with E-state index < -0.39 is 29.0 Å². The van der Waals surface area contributed by atoms with Crippen LogP contribution in [0.25, 0.3) is 5.57 Å². The number of amides is 1. The molecule has 0 aromatic heterocycles. The van der Waals surface area contributed by atoms with Crippen molar-refractivity contribution in [3.8, 4) is 0 Å². The van der Waals surface area contributed by atoms with Crippen molar-refractivity contribution in [3.05, 3.63) is 65.3 Å². The smallest absolute Gasteiger partial charge is 0.270 e. The number of allylic oxidation sites excluding steroid dienone is 5. The maximum atomic E-state index is 15.0. The molecule has 2 aliphatic heterocycles. The van der Waals surface area contributed by atoms with Crippen LogP contribution in [0.15, 0.2) is 42.5 Å². The molecule has 0 saturated carbocycles. The van der Waals surface area contributed by atoms with E-state index in [4.69, 9.17) is 4.74 Å². The summed E-state index contributed by atoms with van der Waals surface area (Å²) >= 11 is 0. The number of benzene rings is 1. The SMILES string of the molecule is C=C/C(=C\C(=C/C)C(C)(F)F)c1cc(F)c(C(=O)N2CCC(OC3CCN(CC)CC3)CC2)c(F)c1. The Balaban J connectivity index is 1.67. The molecular weight excluding hydrogens is 472 g/mol. The number of piperidine rings is 2. The minimum Gasteiger partial charge on any atom is -0.375 e. The Morgan fingerprint density at radius 1 is 1.08 bits per heavy atom. The van der Waals surface area contributed by atoms with Crippen molar-refractivity contribution in [3.63, 3.8) is 0 Å². The summed E-state index contributed by atoms with van der Waals surface area (Å²) in [5.74, 6) is -5.91. The van der Waals surface area contributed by atoms with E-state index >= 15 is 0 Å². The van der Waals surface area contributed by atoms with Gasteiger partial charge in [-0.2, -0.15) is 0 Å². The molecule has 0 aliphatic carbocycles. The van der Waals surface area contributed by atoms with Gasteiger partial charge in [0.2, 0.25) is 0 Å². The second kappa shape index (κ2) is 12.2. The van der Waals surface area contributed by atoms with Crippen LogP contribution < -0.4 is 0 Å². The highest BCUT2D eigenvalue weighted by Crippen LogP contribution is 2.30. The highest BCUT2D eigenvalue weighted by Gasteiger charge is 2.31. The fourth-order valence-electron chi connectivity index (χ4n) is 4.82. The number of halogens is 4. The average molecular weight is 509 g/mol. The lowest BCUT2D eigenvalue weighted by Crippen LogP contribution is -2.44. The third-order valence-electron chi connectivity index (χ3n) is 7.03. The standard InChI is InChI=1S/C28H36F4N2O2/c1-5-19(16-21(6-2)28(4,31)32)20-17-24(29)26(25(30)18-20)27(35)34-14-10-23(11-15-34)36-22-8-12-33(7-3)13-9-22/h5-6,16-18,22-23H,1,7-15H2,2-4H3/b19-16+,21-6+. The van der Waals surface area contributed by atoms with Crippen LogP contribution in [0.1, 0.15) is 62.4 Å². The van der Waals surface area contributed by atoms with E-state index in [2.05, 4.69) is 18.4 Å². The molecule has 1 aromatic rings. The molecule has 0 unspecified atom stereocenters. The Labute approximate surface area is 211 Å². The maximum absolute atomic E-state index is 15.0. The first-order valence-corrected chi connectivity index (χ1v) is 12.6. The number of likely N-dealkylation sites (tertiary alicyclic amines) is 2. The molecule has 1 amide bonds. The fourth-order valence-corrected chi connectivity index (χ4v) is 4.82. The van der Waals surface area contributed by atoms with E-state index in [1.165, 1.54) is 24.0 Å². The number of hydrogen-bond acceptors (Lipinski definition) is 3. The molecule has 0 atom stereocenters. The molecular formula is C28H36F4N2O2. The van der Waals surface area contributed by atoms with Crippen LogP contribution in [0.5, 0.6) is 0 Å². The summed E-state index contributed by atoms with van der Waals surface area (Å²) in [7, 11) is 0. The van der Waals surface area contributed by atoms with Crippen LogP contribution in [-0.4, -0.2) is 66.6 Å². The second-order valence-corrected chi connectivity index (χ2v) is 9.51. The van der Waals surface area contributed by atoms with Gasteiger partial charge in [-0.3, -0.25) is 4.79 Å². The van der Waals surface area contributed by atoms with Crippen molar-refractivity contribution >= 4 is 11.5 Å². The third kappa shape index (κ3) is 6.85. The van der Waals surface area contributed by atoms with E-state index in [-0.39, 0.29) is 28.9 Å². The topological polar surface area (TPSA) is 32.8 Å². The predicted octanol–water partition coefficient (Wildman–Crippen LogP) is 6.24. The van der Waals surface area contributed by atoms with Gasteiger partial charge in [0, 0.05) is 38.7 Å². The molecule has 3 rings (SSSR count). The van der Waals surface area contributed by atoms with Crippen LogP contribution in [0.4, 0.5) is 17.6 Å². The van der Waals surface area contributed by atoms with Crippen LogP contribution in [0.2, 0.25) is 0 Å². The second-order valence-electron chi connectivity index (χ2n) is 9.51. The van der Waals surface area contributed by atoms with Gasteiger partial charge < -0.3 is 14.5 Å². The highest BCUT2D eigenvalue weighted by atomic mass is 19.3. The zero-order valence-corrected chi connectivity index (χ0v) is 21.3. The predicted molar refractivity (Wildman–Crippen MR) is 134 cm³/mol. The van der Waals surface area contributed by atoms with E-state index in [0.29, 0.717) is 25.9 Å². The largest absolute Gasteiger partial charge is 0.375 e. The lowest BCUT2D eigenvalue weighted by molar-refractivity contribution is -0.0617. The number of rotatable bonds is 8. The lowest BCUT2D eigenvalue weighted by atomic mass is 9.98. The molecule has 0 radical (unpaired) electrons. The number of carbonyl (C=O) groups is 1. The molecule has 4 nitrogen and oxygen atoms in total. The highest BCUT2D eigenvalue weighted by molar-refractivity contribution is 5.95. The van der Waals surface area contributed by atoms with Gasteiger partial charge in [-0.05, 0) is 68.5 Å². The molecule has 0 spiro atoms. The Morgan fingerprint density at radius 2 is 1.61 bits per heavy atom. The molecule has 36 heavy (non-hydrogen) atoms. The van der Waals surface area contributed by atoms with Crippen LogP contribution in [-0.2, 0) is 4.74 Å². The van der Waals surface area contributed by atoms with Crippen LogP contribution >= 0.6 is 0 Å². The molecule has 2 heterocycles. The molecule has 198 valence electrons. The summed E-state index contributed by atoms with van der Waals surface area (Å²) in [5, 5.41) is 0. The summed E-state index contributed by atoms with van der Waals surface area (Å²) in [6, 6.07) is 1.98. The number of nitrogens with zero attached hydrogens (tertiary/aromatic N) is 2. The van der Waals surface area contributed by atoms with Crippen molar-refractivity contribution < 1.29 is 27.1 Å². The molecule has 2 saturated heterocycles. The Bertz CT molecular complexity index is 976. The van der Waals surface area contributed by atoms with Gasteiger partial charge in [0.25, 0.3) is 11.8 Å². The van der Waals surface area contributed by atoms with Crippen molar-refractivity contribution in [2.24, 2.45) is 0 Å². The summed E-state index contributed by atoms with van der Waals surface area (Å²) < 4.78 is 63.7. The maximum Gasteiger partial charge on any atom is 0.270 e. The molecule has 2 fully saturated rings. The van der Waals surface area contributed by atoms with Crippen molar-refractivity contribution in [2.75, 3.05) is 32.7 Å². The van der Waals surface area contributed by atoms with Crippen LogP contribution in [0.3, 0.4) is 0 Å². The Morgan fingerprint density at radius 3 is 2.06 bits per heavy atom. The average Bonchev–Trinajstić information content (AvgIpc) is 2.84. The van der Waals surface area contributed by atoms with Crippen molar-refractivity contribution in [1.29, 1.82) is 0 Å². The van der Waals surface area contributed by atoms with E-state index in [1.807, 2.05) is 0 Å². The molecule has 1 aromatic carbocycles. The summed E-state index contributed by atoms with van der Waals surface area (Å²) in [6.45, 7) is 11.7. The van der Waals surface area contributed by atoms with Crippen LogP contribution in [0, 0.1) is 11.6 Å². The van der Waals surface area contributed by atoms with E-state index in [9.17, 15) is 22.4 Å². The zero-order chi connectivity index (χ0) is 26.5. The number of carbonyl (C=O) groups excluding carboxylic acids is 1. The first kappa shape index (κ1) is 28.1. The van der Waals surface area contributed by atoms with Gasteiger partial charge in [0.05, 0.1) is 12.2 Å². The zero-order valence-electron chi connectivity index (χ0n) is 21.3. The summed E-state index contributed by atoms with van der Waals surface area (Å²) in [6.07, 6.45) is 7.07. The summed E-state index contributed by atoms with van der Waals surface area (Å²) in [4.78, 5) is 16.8. The monoisotopic (exact) mass is 508 g/mol. The Kier molecular flexibility index (Phi) is 9.53. The third-order valence-corrected chi connectivity index (χ3v) is 7.03. The van der Waals surface area contributed by atoms with E-state index in [0.717, 1.165) is 57.6 Å². The molecule has 8 heteroatoms. The minimum absolute atomic E-state index is 0.0291. The molecule has 0 N–H and O–H groups in total. The van der Waals surface area contributed by atoms with E-state index in [1.54, 1.807) is 0 Å².